The van der Waals surface area contributed by atoms with Crippen molar-refractivity contribution in [1.82, 2.24) is 4.98 Å². The molecule has 150 valence electrons. The Balaban J connectivity index is 2.06. The molecule has 0 saturated heterocycles. The van der Waals surface area contributed by atoms with Gasteiger partial charge < -0.3 is 19.8 Å². The number of carbonyl (C=O) groups excluding carboxylic acids is 3. The maximum absolute atomic E-state index is 12.4. The summed E-state index contributed by atoms with van der Waals surface area (Å²) in [5.74, 6) is -1.64. The third-order valence-corrected chi connectivity index (χ3v) is 4.40. The molecule has 1 aromatic heterocycles. The molecule has 0 aliphatic carbocycles. The van der Waals surface area contributed by atoms with Crippen LogP contribution in [-0.2, 0) is 14.3 Å². The zero-order valence-corrected chi connectivity index (χ0v) is 17.1. The summed E-state index contributed by atoms with van der Waals surface area (Å²) in [6.45, 7) is 10.6. The van der Waals surface area contributed by atoms with E-state index in [1.807, 2.05) is 32.9 Å². The molecule has 0 radical (unpaired) electrons. The number of esters is 2. The fraction of sp³-hybridized carbons (Fsp3) is 0.381. The molecule has 1 heterocycles. The second-order valence-electron chi connectivity index (χ2n) is 6.74. The molecule has 0 fully saturated rings. The Morgan fingerprint density at radius 3 is 2.14 bits per heavy atom. The summed E-state index contributed by atoms with van der Waals surface area (Å²) < 4.78 is 10.1. The number of H-pyrrole nitrogens is 1. The minimum absolute atomic E-state index is 0.135. The highest BCUT2D eigenvalue weighted by atomic mass is 16.5. The molecule has 7 nitrogen and oxygen atoms in total. The van der Waals surface area contributed by atoms with Crippen LogP contribution in [0.25, 0.3) is 0 Å². The van der Waals surface area contributed by atoms with Gasteiger partial charge in [-0.2, -0.15) is 0 Å². The number of carbonyl (C=O) groups is 3. The topological polar surface area (TPSA) is 97.5 Å². The fourth-order valence-corrected chi connectivity index (χ4v) is 3.22. The summed E-state index contributed by atoms with van der Waals surface area (Å²) in [4.78, 5) is 39.4. The molecule has 2 rings (SSSR count). The summed E-state index contributed by atoms with van der Waals surface area (Å²) in [5.41, 5.74) is 5.08. The predicted octanol–water partition coefficient (Wildman–Crippen LogP) is 3.53. The summed E-state index contributed by atoms with van der Waals surface area (Å²) in [7, 11) is 0. The first-order chi connectivity index (χ1) is 13.1. The Bertz CT molecular complexity index is 904. The minimum atomic E-state index is -0.705. The van der Waals surface area contributed by atoms with Gasteiger partial charge in [-0.05, 0) is 58.2 Å². The quantitative estimate of drug-likeness (QED) is 0.740. The van der Waals surface area contributed by atoms with Crippen molar-refractivity contribution in [3.63, 3.8) is 0 Å². The van der Waals surface area contributed by atoms with Gasteiger partial charge in [-0.1, -0.05) is 17.7 Å². The number of anilines is 1. The first-order valence-corrected chi connectivity index (χ1v) is 9.06. The smallest absolute Gasteiger partial charge is 0.355 e. The zero-order valence-electron chi connectivity index (χ0n) is 17.1. The van der Waals surface area contributed by atoms with Gasteiger partial charge in [0.1, 0.15) is 5.69 Å². The highest BCUT2D eigenvalue weighted by Gasteiger charge is 2.24. The van der Waals surface area contributed by atoms with Crippen molar-refractivity contribution >= 4 is 23.5 Å². The average Bonchev–Trinajstić information content (AvgIpc) is 2.90. The first-order valence-electron chi connectivity index (χ1n) is 9.06. The van der Waals surface area contributed by atoms with Gasteiger partial charge in [-0.15, -0.1) is 0 Å². The van der Waals surface area contributed by atoms with Gasteiger partial charge in [-0.3, -0.25) is 4.79 Å². The first kappa shape index (κ1) is 21.2. The van der Waals surface area contributed by atoms with Crippen LogP contribution in [-0.4, -0.2) is 36.0 Å². The number of aromatic nitrogens is 1. The molecule has 28 heavy (non-hydrogen) atoms. The predicted molar refractivity (Wildman–Crippen MR) is 106 cm³/mol. The van der Waals surface area contributed by atoms with E-state index in [2.05, 4.69) is 10.3 Å². The Hall–Kier alpha value is -3.09. The Labute approximate surface area is 164 Å². The van der Waals surface area contributed by atoms with E-state index in [1.165, 1.54) is 0 Å². The average molecular weight is 386 g/mol. The molecule has 0 spiro atoms. The van der Waals surface area contributed by atoms with Gasteiger partial charge in [-0.25, -0.2) is 9.59 Å². The van der Waals surface area contributed by atoms with E-state index < -0.39 is 24.5 Å². The van der Waals surface area contributed by atoms with E-state index in [0.29, 0.717) is 22.5 Å². The van der Waals surface area contributed by atoms with Crippen LogP contribution >= 0.6 is 0 Å². The lowest BCUT2D eigenvalue weighted by Gasteiger charge is -2.13. The normalized spacial score (nSPS) is 10.5. The summed E-state index contributed by atoms with van der Waals surface area (Å²) >= 11 is 0. The van der Waals surface area contributed by atoms with E-state index in [9.17, 15) is 14.4 Å². The maximum atomic E-state index is 12.4. The van der Waals surface area contributed by atoms with Gasteiger partial charge >= 0.3 is 11.9 Å². The van der Waals surface area contributed by atoms with Crippen molar-refractivity contribution in [2.75, 3.05) is 18.5 Å². The van der Waals surface area contributed by atoms with Crippen molar-refractivity contribution in [3.05, 3.63) is 51.3 Å². The van der Waals surface area contributed by atoms with Crippen LogP contribution < -0.4 is 5.32 Å². The number of aromatic amines is 1. The molecule has 2 N–H and O–H groups in total. The van der Waals surface area contributed by atoms with Crippen molar-refractivity contribution in [2.45, 2.75) is 41.5 Å². The highest BCUT2D eigenvalue weighted by molar-refractivity contribution is 6.00. The van der Waals surface area contributed by atoms with Crippen LogP contribution in [0.4, 0.5) is 5.69 Å². The third-order valence-electron chi connectivity index (χ3n) is 4.40. The second-order valence-corrected chi connectivity index (χ2v) is 6.74. The van der Waals surface area contributed by atoms with Gasteiger partial charge in [0.25, 0.3) is 5.91 Å². The van der Waals surface area contributed by atoms with Crippen LogP contribution in [0.1, 0.15) is 55.7 Å². The van der Waals surface area contributed by atoms with Gasteiger partial charge in [0.2, 0.25) is 0 Å². The van der Waals surface area contributed by atoms with Crippen molar-refractivity contribution < 1.29 is 23.9 Å². The molecule has 0 bridgehead atoms. The number of nitrogens with one attached hydrogen (secondary N) is 2. The standard InChI is InChI=1S/C21H26N2O5/c1-7-27-20(25)17-14(5)19(22-15(17)6)21(26)28-10-16(24)23-18-12(3)8-11(2)9-13(18)4/h8-9,22H,7,10H2,1-6H3,(H,23,24). The van der Waals surface area contributed by atoms with E-state index in [1.54, 1.807) is 20.8 Å². The Morgan fingerprint density at radius 1 is 0.964 bits per heavy atom. The number of aryl methyl sites for hydroxylation is 4. The lowest BCUT2D eigenvalue weighted by atomic mass is 10.1. The fourth-order valence-electron chi connectivity index (χ4n) is 3.22. The lowest BCUT2D eigenvalue weighted by molar-refractivity contribution is -0.119. The number of hydrogen-bond acceptors (Lipinski definition) is 5. The summed E-state index contributed by atoms with van der Waals surface area (Å²) in [6.07, 6.45) is 0. The molecule has 1 amide bonds. The lowest BCUT2D eigenvalue weighted by Crippen LogP contribution is -2.22. The highest BCUT2D eigenvalue weighted by Crippen LogP contribution is 2.22. The molecule has 1 aromatic carbocycles. The van der Waals surface area contributed by atoms with E-state index in [0.717, 1.165) is 16.7 Å². The molecule has 7 heteroatoms. The summed E-state index contributed by atoms with van der Waals surface area (Å²) in [6, 6.07) is 3.94. The molecule has 0 saturated carbocycles. The molecule has 0 atom stereocenters. The summed E-state index contributed by atoms with van der Waals surface area (Å²) in [5, 5.41) is 2.78. The number of amides is 1. The van der Waals surface area contributed by atoms with Crippen molar-refractivity contribution in [3.8, 4) is 0 Å². The van der Waals surface area contributed by atoms with Crippen molar-refractivity contribution in [2.24, 2.45) is 0 Å². The van der Waals surface area contributed by atoms with E-state index in [4.69, 9.17) is 9.47 Å². The van der Waals surface area contributed by atoms with E-state index >= 15 is 0 Å². The molecule has 0 aliphatic heterocycles. The number of benzene rings is 1. The van der Waals surface area contributed by atoms with E-state index in [-0.39, 0.29) is 12.3 Å². The maximum Gasteiger partial charge on any atom is 0.355 e. The number of hydrogen-bond donors (Lipinski definition) is 2. The van der Waals surface area contributed by atoms with Gasteiger partial charge in [0.15, 0.2) is 6.61 Å². The number of ether oxygens (including phenoxy) is 2. The Kier molecular flexibility index (Phi) is 6.62. The van der Waals surface area contributed by atoms with Crippen LogP contribution in [0, 0.1) is 34.6 Å². The van der Waals surface area contributed by atoms with Crippen LogP contribution in [0.2, 0.25) is 0 Å². The van der Waals surface area contributed by atoms with Gasteiger partial charge in [0, 0.05) is 11.4 Å². The third kappa shape index (κ3) is 4.60. The molecular weight excluding hydrogens is 360 g/mol. The van der Waals surface area contributed by atoms with Crippen LogP contribution in [0.5, 0.6) is 0 Å². The molecule has 2 aromatic rings. The Morgan fingerprint density at radius 2 is 1.57 bits per heavy atom. The van der Waals surface area contributed by atoms with Crippen LogP contribution in [0.15, 0.2) is 12.1 Å². The SMILES string of the molecule is CCOC(=O)c1c(C)[nH]c(C(=O)OCC(=O)Nc2c(C)cc(C)cc2C)c1C. The van der Waals surface area contributed by atoms with Crippen molar-refractivity contribution in [1.29, 1.82) is 0 Å². The molecular formula is C21H26N2O5. The minimum Gasteiger partial charge on any atom is -0.462 e. The largest absolute Gasteiger partial charge is 0.462 e. The van der Waals surface area contributed by atoms with Crippen LogP contribution in [0.3, 0.4) is 0 Å². The number of rotatable bonds is 6. The molecule has 0 unspecified atom stereocenters. The second kappa shape index (κ2) is 8.73. The monoisotopic (exact) mass is 386 g/mol. The molecule has 0 aliphatic rings. The van der Waals surface area contributed by atoms with Gasteiger partial charge in [0.05, 0.1) is 12.2 Å². The zero-order chi connectivity index (χ0) is 21.0.